The highest BCUT2D eigenvalue weighted by Crippen LogP contribution is 2.24. The van der Waals surface area contributed by atoms with E-state index in [0.29, 0.717) is 12.2 Å². The second-order valence-electron chi connectivity index (χ2n) is 6.18. The van der Waals surface area contributed by atoms with E-state index in [2.05, 4.69) is 11.1 Å². The smallest absolute Gasteiger partial charge is 0.312 e. The molecule has 27 heavy (non-hydrogen) atoms. The standard InChI is InChI=1S/C20H20N2O3S2/c1-14-5-3-6-15(9-14)20-21-16(13-27-20)10-19(24)25-12-18(23)22(2)11-17-7-4-8-26-17/h3-9,13H,10-12H2,1-2H3. The number of hydrogen-bond acceptors (Lipinski definition) is 6. The van der Waals surface area contributed by atoms with Gasteiger partial charge in [0.25, 0.3) is 5.91 Å². The van der Waals surface area contributed by atoms with Crippen molar-refractivity contribution in [2.24, 2.45) is 0 Å². The van der Waals surface area contributed by atoms with Crippen LogP contribution in [0.3, 0.4) is 0 Å². The fourth-order valence-electron chi connectivity index (χ4n) is 2.47. The summed E-state index contributed by atoms with van der Waals surface area (Å²) in [6.45, 7) is 2.29. The zero-order valence-corrected chi connectivity index (χ0v) is 16.8. The molecule has 1 amide bonds. The molecule has 0 radical (unpaired) electrons. The highest BCUT2D eigenvalue weighted by molar-refractivity contribution is 7.13. The third-order valence-electron chi connectivity index (χ3n) is 3.90. The van der Waals surface area contributed by atoms with Crippen molar-refractivity contribution >= 4 is 34.6 Å². The number of thiazole rings is 1. The number of esters is 1. The van der Waals surface area contributed by atoms with Gasteiger partial charge < -0.3 is 9.64 Å². The van der Waals surface area contributed by atoms with Gasteiger partial charge in [0.15, 0.2) is 6.61 Å². The lowest BCUT2D eigenvalue weighted by atomic mass is 10.1. The number of carbonyl (C=O) groups excluding carboxylic acids is 2. The Kier molecular flexibility index (Phi) is 6.36. The number of rotatable bonds is 7. The maximum Gasteiger partial charge on any atom is 0.312 e. The van der Waals surface area contributed by atoms with Crippen LogP contribution in [0.4, 0.5) is 0 Å². The minimum absolute atomic E-state index is 0.0598. The van der Waals surface area contributed by atoms with Crippen molar-refractivity contribution in [3.8, 4) is 10.6 Å². The predicted molar refractivity (Wildman–Crippen MR) is 108 cm³/mol. The Balaban J connectivity index is 1.49. The first kappa shape index (κ1) is 19.3. The van der Waals surface area contributed by atoms with Crippen LogP contribution >= 0.6 is 22.7 Å². The molecule has 0 unspecified atom stereocenters. The van der Waals surface area contributed by atoms with Gasteiger partial charge in [-0.3, -0.25) is 9.59 Å². The molecule has 0 saturated heterocycles. The lowest BCUT2D eigenvalue weighted by Gasteiger charge is -2.16. The molecule has 0 aliphatic heterocycles. The Morgan fingerprint density at radius 2 is 2.04 bits per heavy atom. The number of thiophene rings is 1. The van der Waals surface area contributed by atoms with Crippen LogP contribution in [0, 0.1) is 6.92 Å². The molecule has 0 saturated carbocycles. The van der Waals surface area contributed by atoms with E-state index in [1.807, 2.05) is 48.0 Å². The summed E-state index contributed by atoms with van der Waals surface area (Å²) >= 11 is 3.08. The predicted octanol–water partition coefficient (Wildman–Crippen LogP) is 3.92. The number of ether oxygens (including phenoxy) is 1. The zero-order valence-electron chi connectivity index (χ0n) is 15.2. The minimum Gasteiger partial charge on any atom is -0.455 e. The molecular weight excluding hydrogens is 380 g/mol. The van der Waals surface area contributed by atoms with Crippen LogP contribution in [0.5, 0.6) is 0 Å². The summed E-state index contributed by atoms with van der Waals surface area (Å²) in [5, 5.41) is 4.68. The Hall–Kier alpha value is -2.51. The minimum atomic E-state index is -0.450. The number of benzene rings is 1. The number of aryl methyl sites for hydroxylation is 1. The zero-order chi connectivity index (χ0) is 19.2. The lowest BCUT2D eigenvalue weighted by molar-refractivity contribution is -0.151. The highest BCUT2D eigenvalue weighted by atomic mass is 32.1. The molecule has 0 bridgehead atoms. The summed E-state index contributed by atoms with van der Waals surface area (Å²) in [5.74, 6) is -0.676. The van der Waals surface area contributed by atoms with Crippen molar-refractivity contribution in [2.45, 2.75) is 19.9 Å². The van der Waals surface area contributed by atoms with Crippen LogP contribution in [0.2, 0.25) is 0 Å². The molecule has 0 aliphatic carbocycles. The van der Waals surface area contributed by atoms with E-state index >= 15 is 0 Å². The molecule has 0 fully saturated rings. The van der Waals surface area contributed by atoms with E-state index in [-0.39, 0.29) is 18.9 Å². The fraction of sp³-hybridized carbons (Fsp3) is 0.250. The van der Waals surface area contributed by atoms with Gasteiger partial charge in [-0.25, -0.2) is 4.98 Å². The van der Waals surface area contributed by atoms with Crippen LogP contribution in [0.1, 0.15) is 16.1 Å². The number of hydrogen-bond donors (Lipinski definition) is 0. The van der Waals surface area contributed by atoms with Gasteiger partial charge in [0, 0.05) is 22.9 Å². The molecule has 7 heteroatoms. The number of amides is 1. The van der Waals surface area contributed by atoms with Crippen molar-refractivity contribution in [3.05, 3.63) is 63.3 Å². The molecule has 0 aliphatic rings. The Morgan fingerprint density at radius 3 is 2.78 bits per heavy atom. The first-order chi connectivity index (χ1) is 13.0. The maximum atomic E-state index is 12.1. The molecule has 0 N–H and O–H groups in total. The molecule has 5 nitrogen and oxygen atoms in total. The van der Waals surface area contributed by atoms with E-state index in [4.69, 9.17) is 4.74 Å². The van der Waals surface area contributed by atoms with Gasteiger partial charge in [-0.1, -0.05) is 29.8 Å². The molecule has 3 rings (SSSR count). The van der Waals surface area contributed by atoms with E-state index in [1.165, 1.54) is 11.3 Å². The van der Waals surface area contributed by atoms with Crippen LogP contribution in [0.25, 0.3) is 10.6 Å². The summed E-state index contributed by atoms with van der Waals surface area (Å²) in [7, 11) is 1.70. The molecule has 2 aromatic heterocycles. The molecule has 0 atom stereocenters. The van der Waals surface area contributed by atoms with E-state index < -0.39 is 5.97 Å². The van der Waals surface area contributed by atoms with E-state index in [0.717, 1.165) is 21.0 Å². The second kappa shape index (κ2) is 8.92. The summed E-state index contributed by atoms with van der Waals surface area (Å²) in [4.78, 5) is 31.3. The molecule has 1 aromatic carbocycles. The van der Waals surface area contributed by atoms with Crippen LogP contribution in [0.15, 0.2) is 47.2 Å². The third-order valence-corrected chi connectivity index (χ3v) is 5.70. The van der Waals surface area contributed by atoms with Gasteiger partial charge in [0.1, 0.15) is 5.01 Å². The van der Waals surface area contributed by atoms with Crippen molar-refractivity contribution in [2.75, 3.05) is 13.7 Å². The Bertz CT molecular complexity index is 919. The lowest BCUT2D eigenvalue weighted by Crippen LogP contribution is -2.30. The molecule has 140 valence electrons. The van der Waals surface area contributed by atoms with Crippen LogP contribution in [-0.4, -0.2) is 35.4 Å². The highest BCUT2D eigenvalue weighted by Gasteiger charge is 2.15. The quantitative estimate of drug-likeness (QED) is 0.564. The average Bonchev–Trinajstić information content (AvgIpc) is 3.31. The molecule has 2 heterocycles. The summed E-state index contributed by atoms with van der Waals surface area (Å²) in [6.07, 6.45) is 0.0598. The monoisotopic (exact) mass is 400 g/mol. The van der Waals surface area contributed by atoms with Gasteiger partial charge in [0.05, 0.1) is 18.7 Å². The number of carbonyl (C=O) groups is 2. The summed E-state index contributed by atoms with van der Waals surface area (Å²) in [6, 6.07) is 12.0. The summed E-state index contributed by atoms with van der Waals surface area (Å²) < 4.78 is 5.12. The van der Waals surface area contributed by atoms with Gasteiger partial charge in [-0.2, -0.15) is 0 Å². The van der Waals surface area contributed by atoms with Gasteiger partial charge in [-0.15, -0.1) is 22.7 Å². The van der Waals surface area contributed by atoms with Crippen LogP contribution in [-0.2, 0) is 27.3 Å². The average molecular weight is 401 g/mol. The van der Waals surface area contributed by atoms with Crippen LogP contribution < -0.4 is 0 Å². The summed E-state index contributed by atoms with van der Waals surface area (Å²) in [5.41, 5.74) is 2.85. The van der Waals surface area contributed by atoms with Crippen molar-refractivity contribution in [1.82, 2.24) is 9.88 Å². The first-order valence-electron chi connectivity index (χ1n) is 8.44. The van der Waals surface area contributed by atoms with Crippen molar-refractivity contribution in [3.63, 3.8) is 0 Å². The molecule has 3 aromatic rings. The van der Waals surface area contributed by atoms with Gasteiger partial charge in [0.2, 0.25) is 0 Å². The first-order valence-corrected chi connectivity index (χ1v) is 10.2. The number of aromatic nitrogens is 1. The van der Waals surface area contributed by atoms with Crippen molar-refractivity contribution in [1.29, 1.82) is 0 Å². The second-order valence-corrected chi connectivity index (χ2v) is 8.07. The van der Waals surface area contributed by atoms with Gasteiger partial charge >= 0.3 is 5.97 Å². The van der Waals surface area contributed by atoms with Crippen molar-refractivity contribution < 1.29 is 14.3 Å². The van der Waals surface area contributed by atoms with E-state index in [9.17, 15) is 9.59 Å². The maximum absolute atomic E-state index is 12.1. The normalized spacial score (nSPS) is 10.6. The Morgan fingerprint density at radius 1 is 1.19 bits per heavy atom. The number of likely N-dealkylation sites (N-methyl/N-ethyl adjacent to an activating group) is 1. The molecular formula is C20H20N2O3S2. The third kappa shape index (κ3) is 5.48. The number of nitrogens with zero attached hydrogens (tertiary/aromatic N) is 2. The topological polar surface area (TPSA) is 59.5 Å². The molecule has 0 spiro atoms. The largest absolute Gasteiger partial charge is 0.455 e. The van der Waals surface area contributed by atoms with Gasteiger partial charge in [-0.05, 0) is 24.4 Å². The van der Waals surface area contributed by atoms with E-state index in [1.54, 1.807) is 23.3 Å². The fourth-order valence-corrected chi connectivity index (χ4v) is 4.05. The SMILES string of the molecule is Cc1cccc(-c2nc(CC(=O)OCC(=O)N(C)Cc3cccs3)cs2)c1. The Labute approximate surface area is 166 Å².